The number of hydrogen-bond donors (Lipinski definition) is 0. The normalized spacial score (nSPS) is 20.1. The van der Waals surface area contributed by atoms with Crippen molar-refractivity contribution in [1.29, 1.82) is 5.26 Å². The molecule has 0 radical (unpaired) electrons. The van der Waals surface area contributed by atoms with Crippen LogP contribution in [0, 0.1) is 11.3 Å². The molecule has 0 saturated heterocycles. The molecule has 14 rings (SSSR count). The summed E-state index contributed by atoms with van der Waals surface area (Å²) < 4.78 is 4.95. The number of hydrogen-bond acceptors (Lipinski definition) is 2. The summed E-state index contributed by atoms with van der Waals surface area (Å²) in [5.41, 5.74) is 23.5. The third-order valence-electron chi connectivity index (χ3n) is 16.9. The monoisotopic (exact) mass is 890 g/mol. The van der Waals surface area contributed by atoms with Crippen LogP contribution in [0.2, 0.25) is 0 Å². The lowest BCUT2D eigenvalue weighted by atomic mass is 9.77. The van der Waals surface area contributed by atoms with Gasteiger partial charge in [-0.05, 0) is 131 Å². The zero-order valence-electron chi connectivity index (χ0n) is 39.9. The van der Waals surface area contributed by atoms with Crippen molar-refractivity contribution in [1.82, 2.24) is 14.0 Å². The Labute approximate surface area is 404 Å². The van der Waals surface area contributed by atoms with E-state index in [9.17, 15) is 5.26 Å². The van der Waals surface area contributed by atoms with Gasteiger partial charge in [-0.25, -0.2) is 0 Å². The highest BCUT2D eigenvalue weighted by molar-refractivity contribution is 6.14. The summed E-state index contributed by atoms with van der Waals surface area (Å²) in [5, 5.41) is 15.4. The number of aromatic nitrogens is 2. The van der Waals surface area contributed by atoms with Crippen LogP contribution in [0.5, 0.6) is 0 Å². The average molecular weight is 891 g/mol. The molecule has 0 amide bonds. The van der Waals surface area contributed by atoms with Gasteiger partial charge in [0.15, 0.2) is 0 Å². The van der Waals surface area contributed by atoms with E-state index in [-0.39, 0.29) is 22.9 Å². The van der Waals surface area contributed by atoms with Crippen LogP contribution in [0.3, 0.4) is 0 Å². The van der Waals surface area contributed by atoms with Crippen molar-refractivity contribution in [2.75, 3.05) is 0 Å². The highest BCUT2D eigenvalue weighted by Crippen LogP contribution is 2.56. The lowest BCUT2D eigenvalue weighted by Gasteiger charge is -2.37. The molecule has 6 aliphatic rings. The Hall–Kier alpha value is -7.61. The zero-order chi connectivity index (χ0) is 46.3. The van der Waals surface area contributed by atoms with E-state index in [2.05, 4.69) is 218 Å². The van der Waals surface area contributed by atoms with E-state index < -0.39 is 0 Å². The molecule has 4 nitrogen and oxygen atoms in total. The standard InChI is InChI=1S/C65H54N4/c1-64(2)51-25-13-8-20-43(51)45-31-30-40(37-53(45)64)54-34-35-58(67(54)42-18-6-5-7-19-42)50-36-41(39-66)60(68-55-27-15-10-22-46(55)47-23-11-16-28-56(47)68)38-61(50)69-57-29-17-12-24-49(57)62-59(69)33-32-48-44-21-9-14-26-52(44)65(3,4)63(48)62/h5-6,8-10,12-13,15-18,20-22,24-25,27-38,54,58H,7,11,14,19,23,26H2,1-4H3. The van der Waals surface area contributed by atoms with Gasteiger partial charge in [0.1, 0.15) is 6.07 Å². The minimum Gasteiger partial charge on any atom is -0.354 e. The SMILES string of the molecule is CC1(C)C2=C(C=CCC2)c2ccc3c(c21)c1ccccc1n3-c1cc(-n2c3c(c4ccccc42)CCC=C3)c(C#N)cc1C1C=CC(c2ccc3c(c2)C(C)(C)c2ccccc2-3)N1C1=CC=CCC1. The van der Waals surface area contributed by atoms with Gasteiger partial charge >= 0.3 is 0 Å². The maximum absolute atomic E-state index is 11.5. The Bertz CT molecular complexity index is 3820. The van der Waals surface area contributed by atoms with E-state index in [1.807, 2.05) is 0 Å². The number of nitrogens with zero attached hydrogens (tertiary/aromatic N) is 4. The van der Waals surface area contributed by atoms with E-state index >= 15 is 0 Å². The number of rotatable bonds is 5. The fourth-order valence-corrected chi connectivity index (χ4v) is 13.8. The Morgan fingerprint density at radius 1 is 0.594 bits per heavy atom. The van der Waals surface area contributed by atoms with Crippen LogP contribution < -0.4 is 0 Å². The molecule has 69 heavy (non-hydrogen) atoms. The summed E-state index contributed by atoms with van der Waals surface area (Å²) in [6, 6.07) is 46.1. The lowest BCUT2D eigenvalue weighted by molar-refractivity contribution is 0.265. The number of aryl methyl sites for hydroxylation is 1. The quantitative estimate of drug-likeness (QED) is 0.161. The summed E-state index contributed by atoms with van der Waals surface area (Å²) in [6.45, 7) is 9.65. The van der Waals surface area contributed by atoms with Crippen molar-refractivity contribution >= 4 is 44.4 Å². The molecule has 1 aliphatic heterocycles. The van der Waals surface area contributed by atoms with Crippen molar-refractivity contribution in [2.45, 2.75) is 89.1 Å². The largest absolute Gasteiger partial charge is 0.354 e. The first-order chi connectivity index (χ1) is 33.7. The molecule has 0 spiro atoms. The smallest absolute Gasteiger partial charge is 0.101 e. The molecule has 8 aromatic rings. The minimum atomic E-state index is -0.154. The lowest BCUT2D eigenvalue weighted by Crippen LogP contribution is -2.28. The maximum Gasteiger partial charge on any atom is 0.101 e. The Kier molecular flexibility index (Phi) is 8.62. The number of nitriles is 1. The Balaban J connectivity index is 1.04. The molecule has 2 unspecified atom stereocenters. The molecule has 0 saturated carbocycles. The van der Waals surface area contributed by atoms with Gasteiger partial charge in [0.25, 0.3) is 0 Å². The minimum absolute atomic E-state index is 0.00570. The maximum atomic E-state index is 11.5. The first kappa shape index (κ1) is 40.5. The van der Waals surface area contributed by atoms with Crippen LogP contribution in [0.15, 0.2) is 175 Å². The molecule has 2 aromatic heterocycles. The van der Waals surface area contributed by atoms with Crippen LogP contribution in [0.25, 0.3) is 66.9 Å². The molecule has 3 heterocycles. The fourth-order valence-electron chi connectivity index (χ4n) is 13.8. The van der Waals surface area contributed by atoms with E-state index in [4.69, 9.17) is 0 Å². The van der Waals surface area contributed by atoms with Crippen molar-refractivity contribution in [3.05, 3.63) is 225 Å². The van der Waals surface area contributed by atoms with E-state index in [1.165, 1.54) is 88.7 Å². The first-order valence-electron chi connectivity index (χ1n) is 25.2. The number of fused-ring (bicyclic) bond motifs is 12. The second kappa shape index (κ2) is 14.7. The predicted molar refractivity (Wildman–Crippen MR) is 285 cm³/mol. The molecule has 6 aromatic carbocycles. The van der Waals surface area contributed by atoms with E-state index in [0.29, 0.717) is 5.56 Å². The van der Waals surface area contributed by atoms with Crippen LogP contribution in [-0.2, 0) is 17.3 Å². The van der Waals surface area contributed by atoms with Crippen LogP contribution in [-0.4, -0.2) is 14.0 Å². The number of allylic oxidation sites excluding steroid dienone is 9. The molecule has 5 aliphatic carbocycles. The van der Waals surface area contributed by atoms with Crippen molar-refractivity contribution in [3.63, 3.8) is 0 Å². The van der Waals surface area contributed by atoms with Crippen molar-refractivity contribution in [2.24, 2.45) is 0 Å². The van der Waals surface area contributed by atoms with Gasteiger partial charge in [-0.15, -0.1) is 0 Å². The summed E-state index contributed by atoms with van der Waals surface area (Å²) >= 11 is 0. The van der Waals surface area contributed by atoms with Crippen LogP contribution >= 0.6 is 0 Å². The van der Waals surface area contributed by atoms with Crippen molar-refractivity contribution < 1.29 is 0 Å². The molecule has 2 atom stereocenters. The van der Waals surface area contributed by atoms with Crippen LogP contribution in [0.1, 0.15) is 122 Å². The summed E-state index contributed by atoms with van der Waals surface area (Å²) in [5.74, 6) is 0. The van der Waals surface area contributed by atoms with Gasteiger partial charge in [-0.1, -0.05) is 161 Å². The highest BCUT2D eigenvalue weighted by Gasteiger charge is 2.42. The van der Waals surface area contributed by atoms with Gasteiger partial charge in [-0.3, -0.25) is 0 Å². The topological polar surface area (TPSA) is 36.9 Å². The van der Waals surface area contributed by atoms with Gasteiger partial charge in [0.05, 0.1) is 45.6 Å². The molecular weight excluding hydrogens is 837 g/mol. The molecule has 0 fully saturated rings. The molecular formula is C65H54N4. The Morgan fingerprint density at radius 3 is 2.16 bits per heavy atom. The fraction of sp³-hybridized carbons (Fsp3) is 0.215. The first-order valence-corrected chi connectivity index (χ1v) is 25.2. The van der Waals surface area contributed by atoms with Gasteiger partial charge in [0, 0.05) is 43.9 Å². The Morgan fingerprint density at radius 2 is 1.32 bits per heavy atom. The number of para-hydroxylation sites is 2. The van der Waals surface area contributed by atoms with Crippen molar-refractivity contribution in [3.8, 4) is 28.6 Å². The molecule has 334 valence electrons. The van der Waals surface area contributed by atoms with E-state index in [1.54, 1.807) is 5.57 Å². The van der Waals surface area contributed by atoms with Gasteiger partial charge in [0.2, 0.25) is 0 Å². The molecule has 0 N–H and O–H groups in total. The molecule has 4 heteroatoms. The second-order valence-corrected chi connectivity index (χ2v) is 21.2. The summed E-state index contributed by atoms with van der Waals surface area (Å²) in [6.07, 6.45) is 27.2. The summed E-state index contributed by atoms with van der Waals surface area (Å²) in [4.78, 5) is 2.68. The molecule has 0 bridgehead atoms. The summed E-state index contributed by atoms with van der Waals surface area (Å²) in [7, 11) is 0. The predicted octanol–water partition coefficient (Wildman–Crippen LogP) is 16.1. The number of benzene rings is 6. The second-order valence-electron chi connectivity index (χ2n) is 21.2. The van der Waals surface area contributed by atoms with Gasteiger partial charge in [-0.2, -0.15) is 5.26 Å². The zero-order valence-corrected chi connectivity index (χ0v) is 39.9. The third kappa shape index (κ3) is 5.56. The van der Waals surface area contributed by atoms with Crippen LogP contribution in [0.4, 0.5) is 0 Å². The third-order valence-corrected chi connectivity index (χ3v) is 16.9. The highest BCUT2D eigenvalue weighted by atomic mass is 15.2. The van der Waals surface area contributed by atoms with E-state index in [0.717, 1.165) is 61.0 Å². The van der Waals surface area contributed by atoms with Gasteiger partial charge < -0.3 is 14.0 Å². The average Bonchev–Trinajstić information content (AvgIpc) is 4.17.